The Kier molecular flexibility index (Phi) is 7.48. The summed E-state index contributed by atoms with van der Waals surface area (Å²) < 4.78 is 4.85. The van der Waals surface area contributed by atoms with Gasteiger partial charge in [0, 0.05) is 18.3 Å². The zero-order valence-corrected chi connectivity index (χ0v) is 19.7. The summed E-state index contributed by atoms with van der Waals surface area (Å²) in [6.07, 6.45) is 0. The summed E-state index contributed by atoms with van der Waals surface area (Å²) in [5, 5.41) is 4.14. The molecule has 3 rings (SSSR count). The molecule has 2 N–H and O–H groups in total. The molecule has 9 nitrogen and oxygen atoms in total. The van der Waals surface area contributed by atoms with Crippen LogP contribution in [0.3, 0.4) is 0 Å². The van der Waals surface area contributed by atoms with Gasteiger partial charge in [-0.1, -0.05) is 46.4 Å². The van der Waals surface area contributed by atoms with Crippen LogP contribution in [0.4, 0.5) is 11.4 Å². The number of hydrogen-bond acceptors (Lipinski definition) is 6. The summed E-state index contributed by atoms with van der Waals surface area (Å²) in [7, 11) is 0. The van der Waals surface area contributed by atoms with Crippen LogP contribution in [0.2, 0.25) is 20.1 Å². The SMILES string of the molecule is CC(=O)Nc1ccc(NC(=O)COC(=O)CN2C(=O)c3c(Cl)c(Cl)c(Cl)c(Cl)c3C2=O)cc1. The Balaban J connectivity index is 1.59. The number of amides is 4. The van der Waals surface area contributed by atoms with Gasteiger partial charge in [0.15, 0.2) is 6.61 Å². The van der Waals surface area contributed by atoms with Gasteiger partial charge in [-0.2, -0.15) is 0 Å². The van der Waals surface area contributed by atoms with Gasteiger partial charge in [0.1, 0.15) is 6.54 Å². The van der Waals surface area contributed by atoms with Gasteiger partial charge in [-0.15, -0.1) is 0 Å². The summed E-state index contributed by atoms with van der Waals surface area (Å²) in [6.45, 7) is -0.0962. The lowest BCUT2D eigenvalue weighted by Gasteiger charge is -2.13. The molecule has 0 bridgehead atoms. The Hall–Kier alpha value is -2.85. The molecule has 0 saturated heterocycles. The number of anilines is 2. The lowest BCUT2D eigenvalue weighted by Crippen LogP contribution is -2.36. The van der Waals surface area contributed by atoms with Crippen LogP contribution in [0, 0.1) is 0 Å². The highest BCUT2D eigenvalue weighted by Crippen LogP contribution is 2.44. The summed E-state index contributed by atoms with van der Waals surface area (Å²) in [6, 6.07) is 6.21. The molecule has 172 valence electrons. The van der Waals surface area contributed by atoms with E-state index in [2.05, 4.69) is 10.6 Å². The van der Waals surface area contributed by atoms with Crippen molar-refractivity contribution >= 4 is 87.4 Å². The molecule has 0 aromatic heterocycles. The predicted molar refractivity (Wildman–Crippen MR) is 122 cm³/mol. The first kappa shape index (κ1) is 24.8. The smallest absolute Gasteiger partial charge is 0.326 e. The molecule has 0 unspecified atom stereocenters. The van der Waals surface area contributed by atoms with Crippen LogP contribution in [0.5, 0.6) is 0 Å². The highest BCUT2D eigenvalue weighted by atomic mass is 35.5. The molecule has 1 heterocycles. The standard InChI is InChI=1S/C20H13Cl4N3O6/c1-8(28)25-9-2-4-10(5-3-9)26-11(29)7-33-12(30)6-27-19(31)13-14(20(27)32)16(22)18(24)17(23)15(13)21/h2-5H,6-7H2,1H3,(H,25,28)(H,26,29). The van der Waals surface area contributed by atoms with Gasteiger partial charge in [0.2, 0.25) is 5.91 Å². The van der Waals surface area contributed by atoms with Crippen molar-refractivity contribution in [3.05, 3.63) is 55.5 Å². The third-order valence-corrected chi connectivity index (χ3v) is 6.13. The molecular formula is C20H13Cl4N3O6. The monoisotopic (exact) mass is 531 g/mol. The number of fused-ring (bicyclic) bond motifs is 1. The summed E-state index contributed by atoms with van der Waals surface area (Å²) in [4.78, 5) is 60.9. The third-order valence-electron chi connectivity index (χ3n) is 4.33. The molecule has 0 radical (unpaired) electrons. The maximum atomic E-state index is 12.6. The van der Waals surface area contributed by atoms with Crippen molar-refractivity contribution in [2.75, 3.05) is 23.8 Å². The van der Waals surface area contributed by atoms with Crippen molar-refractivity contribution in [2.45, 2.75) is 6.92 Å². The van der Waals surface area contributed by atoms with Gasteiger partial charge in [-0.25, -0.2) is 0 Å². The topological polar surface area (TPSA) is 122 Å². The number of rotatable bonds is 6. The number of hydrogen-bond donors (Lipinski definition) is 2. The molecule has 0 atom stereocenters. The maximum absolute atomic E-state index is 12.6. The Morgan fingerprint density at radius 3 is 1.73 bits per heavy atom. The average molecular weight is 533 g/mol. The molecule has 33 heavy (non-hydrogen) atoms. The van der Waals surface area contributed by atoms with E-state index in [4.69, 9.17) is 51.1 Å². The second-order valence-electron chi connectivity index (χ2n) is 6.67. The molecule has 0 fully saturated rings. The lowest BCUT2D eigenvalue weighted by atomic mass is 10.1. The van der Waals surface area contributed by atoms with Crippen LogP contribution in [0.25, 0.3) is 0 Å². The zero-order valence-electron chi connectivity index (χ0n) is 16.6. The van der Waals surface area contributed by atoms with Crippen molar-refractivity contribution in [1.29, 1.82) is 0 Å². The highest BCUT2D eigenvalue weighted by Gasteiger charge is 2.42. The summed E-state index contributed by atoms with van der Waals surface area (Å²) >= 11 is 23.9. The van der Waals surface area contributed by atoms with E-state index in [9.17, 15) is 24.0 Å². The lowest BCUT2D eigenvalue weighted by molar-refractivity contribution is -0.147. The van der Waals surface area contributed by atoms with Crippen molar-refractivity contribution in [3.63, 3.8) is 0 Å². The number of carbonyl (C=O) groups excluding carboxylic acids is 5. The molecule has 1 aliphatic heterocycles. The van der Waals surface area contributed by atoms with Gasteiger partial charge >= 0.3 is 5.97 Å². The Morgan fingerprint density at radius 2 is 1.27 bits per heavy atom. The third kappa shape index (κ3) is 5.22. The first-order chi connectivity index (χ1) is 15.5. The van der Waals surface area contributed by atoms with Crippen LogP contribution in [0.15, 0.2) is 24.3 Å². The number of nitrogens with one attached hydrogen (secondary N) is 2. The van der Waals surface area contributed by atoms with E-state index in [0.29, 0.717) is 16.3 Å². The molecular weight excluding hydrogens is 520 g/mol. The van der Waals surface area contributed by atoms with E-state index >= 15 is 0 Å². The van der Waals surface area contributed by atoms with Crippen LogP contribution >= 0.6 is 46.4 Å². The fourth-order valence-electron chi connectivity index (χ4n) is 2.90. The fraction of sp³-hybridized carbons (Fsp3) is 0.150. The predicted octanol–water partition coefficient (Wildman–Crippen LogP) is 4.04. The van der Waals surface area contributed by atoms with E-state index < -0.39 is 36.8 Å². The Morgan fingerprint density at radius 1 is 0.818 bits per heavy atom. The van der Waals surface area contributed by atoms with E-state index in [-0.39, 0.29) is 37.1 Å². The molecule has 2 aromatic carbocycles. The minimum Gasteiger partial charge on any atom is -0.454 e. The zero-order chi connectivity index (χ0) is 24.4. The van der Waals surface area contributed by atoms with Crippen LogP contribution in [-0.2, 0) is 19.1 Å². The minimum atomic E-state index is -1.02. The molecule has 13 heteroatoms. The second-order valence-corrected chi connectivity index (χ2v) is 8.18. The molecule has 0 aliphatic carbocycles. The van der Waals surface area contributed by atoms with E-state index in [0.717, 1.165) is 0 Å². The number of halogens is 4. The van der Waals surface area contributed by atoms with E-state index in [1.165, 1.54) is 19.1 Å². The van der Waals surface area contributed by atoms with Gasteiger partial charge in [-0.3, -0.25) is 28.9 Å². The van der Waals surface area contributed by atoms with Gasteiger partial charge < -0.3 is 15.4 Å². The Labute approximate surface area is 206 Å². The van der Waals surface area contributed by atoms with Gasteiger partial charge in [-0.05, 0) is 24.3 Å². The van der Waals surface area contributed by atoms with Crippen molar-refractivity contribution in [2.24, 2.45) is 0 Å². The van der Waals surface area contributed by atoms with E-state index in [1.54, 1.807) is 12.1 Å². The van der Waals surface area contributed by atoms with Gasteiger partial charge in [0.05, 0.1) is 31.2 Å². The van der Waals surface area contributed by atoms with Crippen molar-refractivity contribution in [3.8, 4) is 0 Å². The first-order valence-corrected chi connectivity index (χ1v) is 10.6. The van der Waals surface area contributed by atoms with E-state index in [1.807, 2.05) is 0 Å². The highest BCUT2D eigenvalue weighted by molar-refractivity contribution is 6.55. The van der Waals surface area contributed by atoms with Gasteiger partial charge in [0.25, 0.3) is 17.7 Å². The number of ether oxygens (including phenoxy) is 1. The normalized spacial score (nSPS) is 12.5. The maximum Gasteiger partial charge on any atom is 0.326 e. The second kappa shape index (κ2) is 9.96. The molecule has 2 aromatic rings. The van der Waals surface area contributed by atoms with Crippen molar-refractivity contribution in [1.82, 2.24) is 4.90 Å². The first-order valence-electron chi connectivity index (χ1n) is 9.06. The number of benzene rings is 2. The summed E-state index contributed by atoms with van der Waals surface area (Å²) in [5.41, 5.74) is 0.392. The van der Waals surface area contributed by atoms with Crippen LogP contribution in [-0.4, -0.2) is 47.6 Å². The number of nitrogens with zero attached hydrogens (tertiary/aromatic N) is 1. The molecule has 0 saturated carbocycles. The molecule has 1 aliphatic rings. The summed E-state index contributed by atoms with van der Waals surface area (Å²) in [5.74, 6) is -3.73. The molecule has 4 amide bonds. The largest absolute Gasteiger partial charge is 0.454 e. The van der Waals surface area contributed by atoms with Crippen LogP contribution in [0.1, 0.15) is 27.6 Å². The number of carbonyl (C=O) groups is 5. The minimum absolute atomic E-state index is 0.200. The Bertz CT molecular complexity index is 1150. The fourth-order valence-corrected chi connectivity index (χ4v) is 3.91. The quantitative estimate of drug-likeness (QED) is 0.250. The molecule has 0 spiro atoms. The van der Waals surface area contributed by atoms with Crippen LogP contribution < -0.4 is 10.6 Å². The average Bonchev–Trinajstić information content (AvgIpc) is 3.00. The number of esters is 1. The van der Waals surface area contributed by atoms with Crippen molar-refractivity contribution < 1.29 is 28.7 Å². The number of imide groups is 1.